The highest BCUT2D eigenvalue weighted by Crippen LogP contribution is 2.25. The highest BCUT2D eigenvalue weighted by molar-refractivity contribution is 5.76. The third-order valence-electron chi connectivity index (χ3n) is 3.57. The molecule has 0 bridgehead atoms. The Labute approximate surface area is 102 Å². The first-order chi connectivity index (χ1) is 8.36. The van der Waals surface area contributed by atoms with Crippen molar-refractivity contribution < 1.29 is 0 Å². The highest BCUT2D eigenvalue weighted by Gasteiger charge is 2.17. The molecule has 1 aromatic carbocycles. The number of hydrogen-bond donors (Lipinski definition) is 2. The zero-order valence-corrected chi connectivity index (χ0v) is 10.3. The number of rotatable bonds is 3. The minimum atomic E-state index is 0.678. The fourth-order valence-electron chi connectivity index (χ4n) is 2.63. The zero-order valence-electron chi connectivity index (χ0n) is 10.3. The Morgan fingerprint density at radius 1 is 1.41 bits per heavy atom. The number of H-pyrrole nitrogens is 1. The molecule has 1 fully saturated rings. The molecule has 0 amide bonds. The number of imidazole rings is 1. The van der Waals surface area contributed by atoms with Crippen LogP contribution in [0.4, 0.5) is 0 Å². The van der Waals surface area contributed by atoms with Crippen LogP contribution in [0.2, 0.25) is 0 Å². The van der Waals surface area contributed by atoms with Crippen LogP contribution >= 0.6 is 0 Å². The van der Waals surface area contributed by atoms with E-state index in [0.29, 0.717) is 5.92 Å². The number of benzene rings is 1. The van der Waals surface area contributed by atoms with Crippen LogP contribution in [0.25, 0.3) is 11.0 Å². The largest absolute Gasteiger partial charge is 0.342 e. The summed E-state index contributed by atoms with van der Waals surface area (Å²) in [6.07, 6.45) is 3.43. The first kappa shape index (κ1) is 10.8. The number of aromatic amines is 1. The van der Waals surface area contributed by atoms with Gasteiger partial charge in [-0.05, 0) is 43.0 Å². The second kappa shape index (κ2) is 4.49. The third-order valence-corrected chi connectivity index (χ3v) is 3.57. The van der Waals surface area contributed by atoms with Gasteiger partial charge in [-0.2, -0.15) is 0 Å². The van der Waals surface area contributed by atoms with Crippen LogP contribution < -0.4 is 5.32 Å². The monoisotopic (exact) mass is 229 g/mol. The molecule has 1 aliphatic rings. The fourth-order valence-corrected chi connectivity index (χ4v) is 2.63. The summed E-state index contributed by atoms with van der Waals surface area (Å²) in [6.45, 7) is 4.44. The average Bonchev–Trinajstić information content (AvgIpc) is 2.96. The molecule has 3 nitrogen and oxygen atoms in total. The van der Waals surface area contributed by atoms with Gasteiger partial charge in [0, 0.05) is 13.0 Å². The van der Waals surface area contributed by atoms with E-state index in [1.807, 2.05) is 0 Å². The number of nitrogens with zero attached hydrogens (tertiary/aromatic N) is 1. The molecule has 2 N–H and O–H groups in total. The molecule has 3 rings (SSSR count). The summed E-state index contributed by atoms with van der Waals surface area (Å²) < 4.78 is 0. The number of aromatic nitrogens is 2. The summed E-state index contributed by atoms with van der Waals surface area (Å²) in [6, 6.07) is 6.66. The molecule has 2 heterocycles. The van der Waals surface area contributed by atoms with Gasteiger partial charge in [0.25, 0.3) is 0 Å². The van der Waals surface area contributed by atoms with Gasteiger partial charge in [-0.15, -0.1) is 0 Å². The lowest BCUT2D eigenvalue weighted by atomic mass is 9.98. The Bertz CT molecular complexity index is 509. The molecule has 0 aliphatic carbocycles. The molecule has 3 heteroatoms. The summed E-state index contributed by atoms with van der Waals surface area (Å²) in [5.74, 6) is 1.79. The molecule has 90 valence electrons. The van der Waals surface area contributed by atoms with Crippen molar-refractivity contribution in [3.05, 3.63) is 29.6 Å². The van der Waals surface area contributed by atoms with Crippen LogP contribution in [0.15, 0.2) is 18.2 Å². The standard InChI is InChI=1S/C14H19N3/c1-2-3-14-16-12-5-4-10(8-13(12)17-14)11-6-7-15-9-11/h4-5,8,11,15H,2-3,6-7,9H2,1H3,(H,16,17). The number of aryl methyl sites for hydroxylation is 1. The van der Waals surface area contributed by atoms with E-state index in [9.17, 15) is 0 Å². The lowest BCUT2D eigenvalue weighted by Gasteiger charge is -2.07. The number of nitrogens with one attached hydrogen (secondary N) is 2. The average molecular weight is 229 g/mol. The summed E-state index contributed by atoms with van der Waals surface area (Å²) in [4.78, 5) is 8.03. The highest BCUT2D eigenvalue weighted by atomic mass is 14.9. The van der Waals surface area contributed by atoms with Crippen molar-refractivity contribution >= 4 is 11.0 Å². The molecular weight excluding hydrogens is 210 g/mol. The molecule has 0 radical (unpaired) electrons. The van der Waals surface area contributed by atoms with Crippen molar-refractivity contribution in [2.45, 2.75) is 32.1 Å². The normalized spacial score (nSPS) is 20.2. The van der Waals surface area contributed by atoms with E-state index < -0.39 is 0 Å². The molecule has 2 aromatic rings. The Morgan fingerprint density at radius 2 is 2.35 bits per heavy atom. The van der Waals surface area contributed by atoms with Crippen molar-refractivity contribution in [3.63, 3.8) is 0 Å². The Hall–Kier alpha value is -1.35. The van der Waals surface area contributed by atoms with Crippen LogP contribution in [0.5, 0.6) is 0 Å². The maximum Gasteiger partial charge on any atom is 0.107 e. The lowest BCUT2D eigenvalue weighted by Crippen LogP contribution is -2.07. The van der Waals surface area contributed by atoms with Crippen LogP contribution in [0.1, 0.15) is 37.1 Å². The smallest absolute Gasteiger partial charge is 0.107 e. The molecule has 1 aromatic heterocycles. The molecule has 17 heavy (non-hydrogen) atoms. The van der Waals surface area contributed by atoms with Gasteiger partial charge in [0.2, 0.25) is 0 Å². The predicted octanol–water partition coefficient (Wildman–Crippen LogP) is 2.59. The van der Waals surface area contributed by atoms with Crippen molar-refractivity contribution in [3.8, 4) is 0 Å². The molecule has 1 saturated heterocycles. The van der Waals surface area contributed by atoms with Gasteiger partial charge in [0.15, 0.2) is 0 Å². The summed E-state index contributed by atoms with van der Waals surface area (Å²) >= 11 is 0. The third kappa shape index (κ3) is 2.07. The first-order valence-electron chi connectivity index (χ1n) is 6.56. The number of fused-ring (bicyclic) bond motifs is 1. The second-order valence-electron chi connectivity index (χ2n) is 4.90. The van der Waals surface area contributed by atoms with Crippen molar-refractivity contribution in [2.24, 2.45) is 0 Å². The summed E-state index contributed by atoms with van der Waals surface area (Å²) in [7, 11) is 0. The Morgan fingerprint density at radius 3 is 3.12 bits per heavy atom. The van der Waals surface area contributed by atoms with Crippen molar-refractivity contribution in [1.82, 2.24) is 15.3 Å². The summed E-state index contributed by atoms with van der Waals surface area (Å²) in [5.41, 5.74) is 3.73. The van der Waals surface area contributed by atoms with Gasteiger partial charge in [0.05, 0.1) is 11.0 Å². The van der Waals surface area contributed by atoms with Crippen LogP contribution in [0.3, 0.4) is 0 Å². The first-order valence-corrected chi connectivity index (χ1v) is 6.56. The van der Waals surface area contributed by atoms with E-state index in [4.69, 9.17) is 0 Å². The SMILES string of the molecule is CCCc1nc2ccc(C3CCNC3)cc2[nH]1. The van der Waals surface area contributed by atoms with E-state index in [1.165, 1.54) is 17.5 Å². The Balaban J connectivity index is 1.94. The van der Waals surface area contributed by atoms with E-state index in [-0.39, 0.29) is 0 Å². The lowest BCUT2D eigenvalue weighted by molar-refractivity contribution is 0.764. The van der Waals surface area contributed by atoms with Gasteiger partial charge in [-0.1, -0.05) is 13.0 Å². The molecule has 0 spiro atoms. The van der Waals surface area contributed by atoms with Crippen LogP contribution in [0, 0.1) is 0 Å². The van der Waals surface area contributed by atoms with Crippen molar-refractivity contribution in [2.75, 3.05) is 13.1 Å². The molecular formula is C14H19N3. The van der Waals surface area contributed by atoms with Crippen molar-refractivity contribution in [1.29, 1.82) is 0 Å². The van der Waals surface area contributed by atoms with E-state index in [2.05, 4.69) is 40.4 Å². The topological polar surface area (TPSA) is 40.7 Å². The van der Waals surface area contributed by atoms with E-state index in [1.54, 1.807) is 0 Å². The van der Waals surface area contributed by atoms with Crippen LogP contribution in [-0.2, 0) is 6.42 Å². The number of hydrogen-bond acceptors (Lipinski definition) is 2. The predicted molar refractivity (Wildman–Crippen MR) is 70.3 cm³/mol. The molecule has 1 unspecified atom stereocenters. The van der Waals surface area contributed by atoms with Gasteiger partial charge in [0.1, 0.15) is 5.82 Å². The Kier molecular flexibility index (Phi) is 2.85. The van der Waals surface area contributed by atoms with Gasteiger partial charge in [-0.25, -0.2) is 4.98 Å². The van der Waals surface area contributed by atoms with Gasteiger partial charge in [-0.3, -0.25) is 0 Å². The van der Waals surface area contributed by atoms with Gasteiger partial charge >= 0.3 is 0 Å². The van der Waals surface area contributed by atoms with Crippen LogP contribution in [-0.4, -0.2) is 23.1 Å². The summed E-state index contributed by atoms with van der Waals surface area (Å²) in [5, 5.41) is 3.42. The molecule has 0 saturated carbocycles. The molecule has 1 atom stereocenters. The second-order valence-corrected chi connectivity index (χ2v) is 4.90. The minimum Gasteiger partial charge on any atom is -0.342 e. The maximum absolute atomic E-state index is 4.60. The van der Waals surface area contributed by atoms with E-state index in [0.717, 1.165) is 37.3 Å². The fraction of sp³-hybridized carbons (Fsp3) is 0.500. The van der Waals surface area contributed by atoms with E-state index >= 15 is 0 Å². The van der Waals surface area contributed by atoms with Gasteiger partial charge < -0.3 is 10.3 Å². The quantitative estimate of drug-likeness (QED) is 0.849. The minimum absolute atomic E-state index is 0.678. The zero-order chi connectivity index (χ0) is 11.7. The molecule has 1 aliphatic heterocycles. The maximum atomic E-state index is 4.60.